The Bertz CT molecular complexity index is 310. The average Bonchev–Trinajstić information content (AvgIpc) is 2.18. The largest absolute Gasteiger partial charge is 0.467 e. The zero-order valence-electron chi connectivity index (χ0n) is 8.96. The van der Waals surface area contributed by atoms with Gasteiger partial charge in [-0.2, -0.15) is 0 Å². The second kappa shape index (κ2) is 4.86. The summed E-state index contributed by atoms with van der Waals surface area (Å²) in [5.74, 6) is 0.832. The van der Waals surface area contributed by atoms with E-state index in [2.05, 4.69) is 0 Å². The van der Waals surface area contributed by atoms with Gasteiger partial charge in [0.1, 0.15) is 5.75 Å². The fraction of sp³-hybridized carbons (Fsp3) is 0.455. The van der Waals surface area contributed by atoms with E-state index in [0.29, 0.717) is 6.61 Å². The lowest BCUT2D eigenvalue weighted by atomic mass is 10.1. The number of rotatable bonds is 4. The van der Waals surface area contributed by atoms with E-state index in [-0.39, 0.29) is 6.79 Å². The maximum Gasteiger partial charge on any atom is 0.189 e. The Labute approximate surface area is 84.8 Å². The normalized spacial score (nSPS) is 10.2. The molecule has 1 rings (SSSR count). The summed E-state index contributed by atoms with van der Waals surface area (Å²) in [6, 6.07) is 3.84. The molecule has 0 aliphatic carbocycles. The van der Waals surface area contributed by atoms with Gasteiger partial charge in [-0.1, -0.05) is 6.07 Å². The highest BCUT2D eigenvalue weighted by Crippen LogP contribution is 2.27. The van der Waals surface area contributed by atoms with E-state index in [9.17, 15) is 0 Å². The first-order chi connectivity index (χ1) is 6.66. The van der Waals surface area contributed by atoms with E-state index < -0.39 is 0 Å². The molecule has 0 amide bonds. The molecule has 0 bridgehead atoms. The molecule has 78 valence electrons. The number of ether oxygens (including phenoxy) is 2. The molecular formula is C11H17NO2. The molecule has 0 saturated heterocycles. The van der Waals surface area contributed by atoms with Crippen LogP contribution in [0.15, 0.2) is 12.1 Å². The van der Waals surface area contributed by atoms with Gasteiger partial charge in [0.15, 0.2) is 6.79 Å². The summed E-state index contributed by atoms with van der Waals surface area (Å²) in [7, 11) is 0. The number of anilines is 1. The molecule has 3 nitrogen and oxygen atoms in total. The van der Waals surface area contributed by atoms with Gasteiger partial charge in [0, 0.05) is 17.9 Å². The van der Waals surface area contributed by atoms with Crippen LogP contribution in [0.25, 0.3) is 0 Å². The van der Waals surface area contributed by atoms with Crippen molar-refractivity contribution in [3.8, 4) is 5.75 Å². The summed E-state index contributed by atoms with van der Waals surface area (Å²) in [6.07, 6.45) is 0. The van der Waals surface area contributed by atoms with Crippen LogP contribution in [0.2, 0.25) is 0 Å². The Kier molecular flexibility index (Phi) is 3.77. The third-order valence-corrected chi connectivity index (χ3v) is 2.14. The van der Waals surface area contributed by atoms with Gasteiger partial charge in [0.25, 0.3) is 0 Å². The summed E-state index contributed by atoms with van der Waals surface area (Å²) in [6.45, 7) is 6.81. The summed E-state index contributed by atoms with van der Waals surface area (Å²) in [5, 5.41) is 0. The minimum Gasteiger partial charge on any atom is -0.467 e. The highest BCUT2D eigenvalue weighted by molar-refractivity contribution is 5.56. The Morgan fingerprint density at radius 1 is 1.29 bits per heavy atom. The van der Waals surface area contributed by atoms with Crippen molar-refractivity contribution in [3.05, 3.63) is 23.3 Å². The van der Waals surface area contributed by atoms with Crippen molar-refractivity contribution >= 4 is 5.69 Å². The zero-order chi connectivity index (χ0) is 10.6. The van der Waals surface area contributed by atoms with Crippen molar-refractivity contribution in [2.24, 2.45) is 0 Å². The number of hydrogen-bond acceptors (Lipinski definition) is 3. The predicted molar refractivity (Wildman–Crippen MR) is 57.4 cm³/mol. The molecule has 0 aliphatic heterocycles. The van der Waals surface area contributed by atoms with Gasteiger partial charge >= 0.3 is 0 Å². The molecule has 0 saturated carbocycles. The van der Waals surface area contributed by atoms with E-state index in [1.165, 1.54) is 0 Å². The smallest absolute Gasteiger partial charge is 0.189 e. The van der Waals surface area contributed by atoms with Crippen LogP contribution in [-0.4, -0.2) is 13.4 Å². The van der Waals surface area contributed by atoms with Crippen molar-refractivity contribution in [2.75, 3.05) is 19.1 Å². The molecule has 0 aromatic heterocycles. The lowest BCUT2D eigenvalue weighted by molar-refractivity contribution is 0.0216. The van der Waals surface area contributed by atoms with Crippen molar-refractivity contribution in [1.29, 1.82) is 0 Å². The third kappa shape index (κ3) is 2.39. The molecule has 0 unspecified atom stereocenters. The van der Waals surface area contributed by atoms with Gasteiger partial charge in [-0.05, 0) is 32.4 Å². The number of hydrogen-bond donors (Lipinski definition) is 1. The summed E-state index contributed by atoms with van der Waals surface area (Å²) in [4.78, 5) is 0. The second-order valence-corrected chi connectivity index (χ2v) is 3.18. The second-order valence-electron chi connectivity index (χ2n) is 3.18. The van der Waals surface area contributed by atoms with Crippen LogP contribution in [0.5, 0.6) is 5.75 Å². The van der Waals surface area contributed by atoms with Gasteiger partial charge < -0.3 is 15.2 Å². The molecule has 0 fully saturated rings. The fourth-order valence-corrected chi connectivity index (χ4v) is 1.25. The predicted octanol–water partition coefficient (Wildman–Crippen LogP) is 2.26. The fourth-order valence-electron chi connectivity index (χ4n) is 1.25. The molecule has 0 aliphatic rings. The molecule has 0 heterocycles. The molecule has 0 atom stereocenters. The summed E-state index contributed by atoms with van der Waals surface area (Å²) in [5.41, 5.74) is 8.58. The van der Waals surface area contributed by atoms with Crippen molar-refractivity contribution in [2.45, 2.75) is 20.8 Å². The highest BCUT2D eigenvalue weighted by atomic mass is 16.7. The summed E-state index contributed by atoms with van der Waals surface area (Å²) >= 11 is 0. The van der Waals surface area contributed by atoms with Crippen LogP contribution in [0.4, 0.5) is 5.69 Å². The van der Waals surface area contributed by atoms with Gasteiger partial charge in [0.2, 0.25) is 0 Å². The standard InChI is InChI=1S/C11H17NO2/c1-4-13-7-14-11-8(2)5-6-10(12)9(11)3/h5-6H,4,7,12H2,1-3H3. The molecule has 2 N–H and O–H groups in total. The SMILES string of the molecule is CCOCOc1c(C)ccc(N)c1C. The van der Waals surface area contributed by atoms with Crippen LogP contribution in [0.1, 0.15) is 18.1 Å². The first-order valence-electron chi connectivity index (χ1n) is 4.73. The Morgan fingerprint density at radius 3 is 2.64 bits per heavy atom. The molecular weight excluding hydrogens is 178 g/mol. The first-order valence-corrected chi connectivity index (χ1v) is 4.73. The quantitative estimate of drug-likeness (QED) is 0.455. The number of nitrogen functional groups attached to an aromatic ring is 1. The van der Waals surface area contributed by atoms with E-state index in [1.54, 1.807) is 0 Å². The lowest BCUT2D eigenvalue weighted by Gasteiger charge is -2.13. The minimum absolute atomic E-state index is 0.279. The Balaban J connectivity index is 2.79. The van der Waals surface area contributed by atoms with Gasteiger partial charge in [-0.3, -0.25) is 0 Å². The lowest BCUT2D eigenvalue weighted by Crippen LogP contribution is -2.05. The molecule has 1 aromatic carbocycles. The molecule has 14 heavy (non-hydrogen) atoms. The number of aryl methyl sites for hydroxylation is 1. The zero-order valence-corrected chi connectivity index (χ0v) is 8.96. The van der Waals surface area contributed by atoms with Crippen LogP contribution in [-0.2, 0) is 4.74 Å². The van der Waals surface area contributed by atoms with Crippen LogP contribution in [0, 0.1) is 13.8 Å². The first kappa shape index (κ1) is 10.9. The number of benzene rings is 1. The van der Waals surface area contributed by atoms with Gasteiger partial charge in [0.05, 0.1) is 0 Å². The molecule has 0 radical (unpaired) electrons. The van der Waals surface area contributed by atoms with Crippen LogP contribution < -0.4 is 10.5 Å². The Morgan fingerprint density at radius 2 is 2.00 bits per heavy atom. The number of nitrogens with two attached hydrogens (primary N) is 1. The van der Waals surface area contributed by atoms with Crippen LogP contribution >= 0.6 is 0 Å². The maximum atomic E-state index is 5.77. The van der Waals surface area contributed by atoms with Crippen molar-refractivity contribution in [1.82, 2.24) is 0 Å². The van der Waals surface area contributed by atoms with Crippen LogP contribution in [0.3, 0.4) is 0 Å². The van der Waals surface area contributed by atoms with E-state index >= 15 is 0 Å². The van der Waals surface area contributed by atoms with E-state index in [0.717, 1.165) is 22.6 Å². The minimum atomic E-state index is 0.279. The maximum absolute atomic E-state index is 5.77. The Hall–Kier alpha value is -1.22. The van der Waals surface area contributed by atoms with Crippen molar-refractivity contribution < 1.29 is 9.47 Å². The third-order valence-electron chi connectivity index (χ3n) is 2.14. The van der Waals surface area contributed by atoms with Gasteiger partial charge in [-0.25, -0.2) is 0 Å². The monoisotopic (exact) mass is 195 g/mol. The topological polar surface area (TPSA) is 44.5 Å². The molecule has 1 aromatic rings. The van der Waals surface area contributed by atoms with Crippen molar-refractivity contribution in [3.63, 3.8) is 0 Å². The molecule has 0 spiro atoms. The highest BCUT2D eigenvalue weighted by Gasteiger charge is 2.06. The molecule has 3 heteroatoms. The van der Waals surface area contributed by atoms with E-state index in [4.69, 9.17) is 15.2 Å². The average molecular weight is 195 g/mol. The summed E-state index contributed by atoms with van der Waals surface area (Å²) < 4.78 is 10.6. The van der Waals surface area contributed by atoms with Gasteiger partial charge in [-0.15, -0.1) is 0 Å². The van der Waals surface area contributed by atoms with E-state index in [1.807, 2.05) is 32.9 Å².